The van der Waals surface area contributed by atoms with Gasteiger partial charge in [0.2, 0.25) is 0 Å². The lowest BCUT2D eigenvalue weighted by Crippen LogP contribution is -2.34. The summed E-state index contributed by atoms with van der Waals surface area (Å²) < 4.78 is 78.2. The predicted molar refractivity (Wildman–Crippen MR) is 56.0 cm³/mol. The van der Waals surface area contributed by atoms with E-state index in [0.717, 1.165) is 26.4 Å². The fourth-order valence-corrected chi connectivity index (χ4v) is 1.46. The van der Waals surface area contributed by atoms with Crippen LogP contribution in [0.4, 0.5) is 22.0 Å². The molecular formula is C11H11F5O3. The van der Waals surface area contributed by atoms with Gasteiger partial charge in [0.25, 0.3) is 0 Å². The van der Waals surface area contributed by atoms with E-state index >= 15 is 0 Å². The number of halogens is 5. The maximum Gasteiger partial charge on any atom is 0.458 e. The van der Waals surface area contributed by atoms with Crippen LogP contribution >= 0.6 is 0 Å². The number of methoxy groups -OCH3 is 3. The molecule has 0 amide bonds. The minimum absolute atomic E-state index is 0.0374. The average Bonchev–Trinajstić information content (AvgIpc) is 2.35. The molecule has 19 heavy (non-hydrogen) atoms. The van der Waals surface area contributed by atoms with E-state index in [1.165, 1.54) is 7.11 Å². The highest BCUT2D eigenvalue weighted by atomic mass is 19.4. The van der Waals surface area contributed by atoms with Gasteiger partial charge in [0, 0.05) is 12.1 Å². The number of alkyl halides is 5. The second-order valence-electron chi connectivity index (χ2n) is 3.48. The Morgan fingerprint density at radius 3 is 1.47 bits per heavy atom. The Morgan fingerprint density at radius 1 is 0.789 bits per heavy atom. The second-order valence-corrected chi connectivity index (χ2v) is 3.48. The van der Waals surface area contributed by atoms with Gasteiger partial charge in [-0.05, 0) is 0 Å². The summed E-state index contributed by atoms with van der Waals surface area (Å²) in [6.45, 7) is 0. The highest BCUT2D eigenvalue weighted by Gasteiger charge is 2.61. The van der Waals surface area contributed by atoms with E-state index in [-0.39, 0.29) is 5.75 Å². The summed E-state index contributed by atoms with van der Waals surface area (Å²) in [4.78, 5) is 0. The van der Waals surface area contributed by atoms with E-state index in [0.29, 0.717) is 0 Å². The van der Waals surface area contributed by atoms with Crippen molar-refractivity contribution in [2.45, 2.75) is 12.1 Å². The normalized spacial score (nSPS) is 12.2. The van der Waals surface area contributed by atoms with Crippen LogP contribution in [0.1, 0.15) is 5.56 Å². The van der Waals surface area contributed by atoms with Crippen LogP contribution in [0.5, 0.6) is 17.2 Å². The molecule has 0 radical (unpaired) electrons. The van der Waals surface area contributed by atoms with Crippen molar-refractivity contribution in [3.63, 3.8) is 0 Å². The van der Waals surface area contributed by atoms with Gasteiger partial charge in [-0.25, -0.2) is 0 Å². The van der Waals surface area contributed by atoms with Crippen LogP contribution in [0.15, 0.2) is 12.1 Å². The maximum absolute atomic E-state index is 13.5. The summed E-state index contributed by atoms with van der Waals surface area (Å²) in [7, 11) is 3.18. The number of ether oxygens (including phenoxy) is 3. The summed E-state index contributed by atoms with van der Waals surface area (Å²) in [6.07, 6.45) is -5.76. The van der Waals surface area contributed by atoms with Crippen molar-refractivity contribution in [1.82, 2.24) is 0 Å². The molecule has 0 N–H and O–H groups in total. The molecule has 8 heteroatoms. The monoisotopic (exact) mass is 286 g/mol. The molecule has 0 bridgehead atoms. The van der Waals surface area contributed by atoms with Crippen LogP contribution in [0, 0.1) is 0 Å². The summed E-state index contributed by atoms with van der Waals surface area (Å²) in [5, 5.41) is 0. The Morgan fingerprint density at radius 2 is 1.21 bits per heavy atom. The van der Waals surface area contributed by atoms with Crippen LogP contribution < -0.4 is 14.2 Å². The topological polar surface area (TPSA) is 27.7 Å². The van der Waals surface area contributed by atoms with Crippen molar-refractivity contribution in [3.8, 4) is 17.2 Å². The number of rotatable bonds is 4. The first-order chi connectivity index (χ1) is 8.68. The molecule has 108 valence electrons. The molecule has 1 aromatic carbocycles. The molecule has 0 heterocycles. The molecule has 1 aromatic rings. The number of benzene rings is 1. The molecule has 0 saturated carbocycles. The molecule has 0 aliphatic heterocycles. The predicted octanol–water partition coefficient (Wildman–Crippen LogP) is 3.37. The summed E-state index contributed by atoms with van der Waals surface area (Å²) in [6, 6.07) is 1.86. The van der Waals surface area contributed by atoms with E-state index in [1.807, 2.05) is 0 Å². The molecule has 0 aliphatic carbocycles. The Labute approximate surface area is 105 Å². The minimum atomic E-state index is -5.76. The smallest absolute Gasteiger partial charge is 0.458 e. The minimum Gasteiger partial charge on any atom is -0.496 e. The van der Waals surface area contributed by atoms with E-state index < -0.39 is 29.2 Å². The van der Waals surface area contributed by atoms with Gasteiger partial charge in [-0.3, -0.25) is 0 Å². The van der Waals surface area contributed by atoms with E-state index in [4.69, 9.17) is 4.74 Å². The van der Waals surface area contributed by atoms with Crippen molar-refractivity contribution in [2.75, 3.05) is 21.3 Å². The molecule has 0 spiro atoms. The molecule has 0 atom stereocenters. The first-order valence-corrected chi connectivity index (χ1v) is 4.94. The second kappa shape index (κ2) is 5.10. The summed E-state index contributed by atoms with van der Waals surface area (Å²) in [5.41, 5.74) is -1.38. The Balaban J connectivity index is 3.57. The fourth-order valence-electron chi connectivity index (χ4n) is 1.46. The van der Waals surface area contributed by atoms with Gasteiger partial charge in [-0.2, -0.15) is 22.0 Å². The molecule has 0 fully saturated rings. The molecule has 0 aromatic heterocycles. The van der Waals surface area contributed by atoms with Crippen LogP contribution in [-0.4, -0.2) is 27.5 Å². The largest absolute Gasteiger partial charge is 0.496 e. The maximum atomic E-state index is 13.5. The third-order valence-electron chi connectivity index (χ3n) is 2.39. The van der Waals surface area contributed by atoms with E-state index in [9.17, 15) is 22.0 Å². The van der Waals surface area contributed by atoms with Crippen molar-refractivity contribution < 1.29 is 36.2 Å². The molecule has 3 nitrogen and oxygen atoms in total. The van der Waals surface area contributed by atoms with E-state index in [2.05, 4.69) is 9.47 Å². The van der Waals surface area contributed by atoms with Crippen molar-refractivity contribution >= 4 is 0 Å². The average molecular weight is 286 g/mol. The Hall–Kier alpha value is -1.73. The SMILES string of the molecule is COc1cc(OC)c(C(F)(F)C(F)(F)F)c(OC)c1. The first-order valence-electron chi connectivity index (χ1n) is 4.94. The Kier molecular flexibility index (Phi) is 4.12. The molecule has 0 saturated heterocycles. The van der Waals surface area contributed by atoms with Crippen LogP contribution in [0.2, 0.25) is 0 Å². The van der Waals surface area contributed by atoms with E-state index in [1.54, 1.807) is 0 Å². The zero-order valence-electron chi connectivity index (χ0n) is 10.3. The zero-order chi connectivity index (χ0) is 14.8. The fraction of sp³-hybridized carbons (Fsp3) is 0.455. The zero-order valence-corrected chi connectivity index (χ0v) is 10.3. The van der Waals surface area contributed by atoms with Gasteiger partial charge >= 0.3 is 12.1 Å². The van der Waals surface area contributed by atoms with Crippen molar-refractivity contribution in [3.05, 3.63) is 17.7 Å². The lowest BCUT2D eigenvalue weighted by atomic mass is 10.0. The van der Waals surface area contributed by atoms with Crippen LogP contribution in [-0.2, 0) is 5.92 Å². The quantitative estimate of drug-likeness (QED) is 0.794. The highest BCUT2D eigenvalue weighted by molar-refractivity contribution is 5.53. The van der Waals surface area contributed by atoms with Crippen molar-refractivity contribution in [2.24, 2.45) is 0 Å². The molecule has 0 aliphatic rings. The molecular weight excluding hydrogens is 275 g/mol. The van der Waals surface area contributed by atoms with Gasteiger partial charge < -0.3 is 14.2 Å². The van der Waals surface area contributed by atoms with Gasteiger partial charge in [-0.15, -0.1) is 0 Å². The van der Waals surface area contributed by atoms with Gasteiger partial charge in [0.05, 0.1) is 21.3 Å². The van der Waals surface area contributed by atoms with Crippen LogP contribution in [0.25, 0.3) is 0 Å². The number of hydrogen-bond acceptors (Lipinski definition) is 3. The lowest BCUT2D eigenvalue weighted by Gasteiger charge is -2.24. The first kappa shape index (κ1) is 15.3. The number of hydrogen-bond donors (Lipinski definition) is 0. The van der Waals surface area contributed by atoms with Gasteiger partial charge in [0.15, 0.2) is 0 Å². The third-order valence-corrected chi connectivity index (χ3v) is 2.39. The van der Waals surface area contributed by atoms with Crippen molar-refractivity contribution in [1.29, 1.82) is 0 Å². The summed E-state index contributed by atoms with van der Waals surface area (Å²) in [5.74, 6) is -6.40. The standard InChI is InChI=1S/C11H11F5O3/c1-17-6-4-7(18-2)9(8(5-6)19-3)10(12,13)11(14,15)16/h4-5H,1-3H3. The van der Waals surface area contributed by atoms with Gasteiger partial charge in [-0.1, -0.05) is 0 Å². The molecule has 1 rings (SSSR count). The Bertz CT molecular complexity index is 431. The lowest BCUT2D eigenvalue weighted by molar-refractivity contribution is -0.290. The van der Waals surface area contributed by atoms with Gasteiger partial charge in [0.1, 0.15) is 22.8 Å². The highest BCUT2D eigenvalue weighted by Crippen LogP contribution is 2.51. The molecule has 0 unspecified atom stereocenters. The third kappa shape index (κ3) is 2.66. The summed E-state index contributed by atoms with van der Waals surface area (Å²) >= 11 is 0. The van der Waals surface area contributed by atoms with Crippen LogP contribution in [0.3, 0.4) is 0 Å².